The van der Waals surface area contributed by atoms with Crippen LogP contribution < -0.4 is 10.6 Å². The average Bonchev–Trinajstić information content (AvgIpc) is 3.07. The van der Waals surface area contributed by atoms with E-state index < -0.39 is 6.04 Å². The van der Waals surface area contributed by atoms with Crippen LogP contribution in [-0.4, -0.2) is 24.4 Å². The van der Waals surface area contributed by atoms with Gasteiger partial charge in [0, 0.05) is 6.54 Å². The largest absolute Gasteiger partial charge is 0.354 e. The number of nitrogens with one attached hydrogen (secondary N) is 2. The normalized spacial score (nSPS) is 11.7. The summed E-state index contributed by atoms with van der Waals surface area (Å²) in [6.45, 7) is 2.30. The Bertz CT molecular complexity index is 596. The van der Waals surface area contributed by atoms with Crippen molar-refractivity contribution >= 4 is 23.2 Å². The number of rotatable bonds is 7. The van der Waals surface area contributed by atoms with Gasteiger partial charge in [-0.2, -0.15) is 0 Å². The molecule has 0 fully saturated rings. The molecule has 1 heterocycles. The molecule has 0 radical (unpaired) electrons. The fraction of sp³-hybridized carbons (Fsp3) is 0.294. The summed E-state index contributed by atoms with van der Waals surface area (Å²) < 4.78 is 0. The molecule has 0 saturated heterocycles. The van der Waals surface area contributed by atoms with Crippen LogP contribution in [-0.2, 0) is 11.2 Å². The van der Waals surface area contributed by atoms with Gasteiger partial charge in [-0.15, -0.1) is 11.3 Å². The highest BCUT2D eigenvalue weighted by Gasteiger charge is 2.16. The van der Waals surface area contributed by atoms with Crippen molar-refractivity contribution in [3.8, 4) is 0 Å². The summed E-state index contributed by atoms with van der Waals surface area (Å²) in [5.41, 5.74) is 1.26. The van der Waals surface area contributed by atoms with Crippen molar-refractivity contribution in [2.24, 2.45) is 0 Å². The maximum Gasteiger partial charge on any atom is 0.261 e. The van der Waals surface area contributed by atoms with Gasteiger partial charge in [0.15, 0.2) is 0 Å². The van der Waals surface area contributed by atoms with Crippen molar-refractivity contribution in [3.05, 3.63) is 58.3 Å². The van der Waals surface area contributed by atoms with E-state index in [2.05, 4.69) is 22.8 Å². The van der Waals surface area contributed by atoms with Gasteiger partial charge < -0.3 is 10.6 Å². The molecule has 1 aromatic heterocycles. The molecule has 4 nitrogen and oxygen atoms in total. The van der Waals surface area contributed by atoms with Crippen molar-refractivity contribution in [2.75, 3.05) is 6.54 Å². The number of benzene rings is 1. The smallest absolute Gasteiger partial charge is 0.261 e. The highest BCUT2D eigenvalue weighted by molar-refractivity contribution is 7.12. The van der Waals surface area contributed by atoms with Crippen LogP contribution in [0.25, 0.3) is 0 Å². The van der Waals surface area contributed by atoms with Gasteiger partial charge in [-0.05, 0) is 36.8 Å². The van der Waals surface area contributed by atoms with Gasteiger partial charge in [0.2, 0.25) is 5.91 Å². The minimum atomic E-state index is -0.536. The molecule has 116 valence electrons. The molecule has 1 unspecified atom stereocenters. The van der Waals surface area contributed by atoms with Crippen LogP contribution in [0, 0.1) is 0 Å². The number of hydrogen-bond donors (Lipinski definition) is 2. The third kappa shape index (κ3) is 5.00. The molecule has 2 aromatic rings. The van der Waals surface area contributed by atoms with Crippen LogP contribution in [0.4, 0.5) is 0 Å². The summed E-state index contributed by atoms with van der Waals surface area (Å²) in [4.78, 5) is 24.4. The molecule has 1 aromatic carbocycles. The molecular weight excluding hydrogens is 296 g/mol. The molecule has 2 amide bonds. The number of hydrogen-bond acceptors (Lipinski definition) is 3. The Kier molecular flexibility index (Phi) is 6.15. The Morgan fingerprint density at radius 1 is 1.14 bits per heavy atom. The SMILES string of the molecule is CC(NC(=O)c1cccs1)C(=O)NCCCc1ccccc1. The molecular formula is C17H20N2O2S. The Morgan fingerprint density at radius 3 is 2.59 bits per heavy atom. The molecule has 2 rings (SSSR count). The lowest BCUT2D eigenvalue weighted by molar-refractivity contribution is -0.122. The third-order valence-corrected chi connectivity index (χ3v) is 4.14. The van der Waals surface area contributed by atoms with Crippen molar-refractivity contribution in [2.45, 2.75) is 25.8 Å². The molecule has 0 bridgehead atoms. The first-order valence-electron chi connectivity index (χ1n) is 7.33. The van der Waals surface area contributed by atoms with Gasteiger partial charge in [0.1, 0.15) is 6.04 Å². The van der Waals surface area contributed by atoms with Crippen molar-refractivity contribution in [1.29, 1.82) is 0 Å². The standard InChI is InChI=1S/C17H20N2O2S/c1-13(19-17(21)15-10-6-12-22-15)16(20)18-11-5-9-14-7-3-2-4-8-14/h2-4,6-8,10,12-13H,5,9,11H2,1H3,(H,18,20)(H,19,21). The van der Waals surface area contributed by atoms with Crippen LogP contribution in [0.1, 0.15) is 28.6 Å². The van der Waals surface area contributed by atoms with Gasteiger partial charge in [-0.1, -0.05) is 36.4 Å². The van der Waals surface area contributed by atoms with E-state index in [1.807, 2.05) is 29.6 Å². The molecule has 0 spiro atoms. The van der Waals surface area contributed by atoms with E-state index in [1.165, 1.54) is 16.9 Å². The Morgan fingerprint density at radius 2 is 1.91 bits per heavy atom. The maximum absolute atomic E-state index is 11.9. The van der Waals surface area contributed by atoms with E-state index in [-0.39, 0.29) is 11.8 Å². The topological polar surface area (TPSA) is 58.2 Å². The zero-order chi connectivity index (χ0) is 15.8. The quantitative estimate of drug-likeness (QED) is 0.772. The summed E-state index contributed by atoms with van der Waals surface area (Å²) in [5, 5.41) is 7.39. The third-order valence-electron chi connectivity index (χ3n) is 3.27. The van der Waals surface area contributed by atoms with E-state index in [9.17, 15) is 9.59 Å². The molecule has 5 heteroatoms. The fourth-order valence-corrected chi connectivity index (χ4v) is 2.67. The van der Waals surface area contributed by atoms with Crippen LogP contribution in [0.2, 0.25) is 0 Å². The molecule has 0 aliphatic rings. The molecule has 0 aliphatic heterocycles. The molecule has 0 aliphatic carbocycles. The fourth-order valence-electron chi connectivity index (χ4n) is 2.04. The van der Waals surface area contributed by atoms with Crippen LogP contribution in [0.15, 0.2) is 47.8 Å². The zero-order valence-corrected chi connectivity index (χ0v) is 13.4. The predicted octanol–water partition coefficient (Wildman–Crippen LogP) is 2.62. The van der Waals surface area contributed by atoms with E-state index in [1.54, 1.807) is 13.0 Å². The lowest BCUT2D eigenvalue weighted by Gasteiger charge is -2.13. The van der Waals surface area contributed by atoms with Gasteiger partial charge in [0.05, 0.1) is 4.88 Å². The minimum Gasteiger partial charge on any atom is -0.354 e. The van der Waals surface area contributed by atoms with Gasteiger partial charge in [-0.25, -0.2) is 0 Å². The highest BCUT2D eigenvalue weighted by atomic mass is 32.1. The minimum absolute atomic E-state index is 0.155. The summed E-state index contributed by atoms with van der Waals surface area (Å²) in [6, 6.07) is 13.2. The molecule has 0 saturated carbocycles. The number of carbonyl (C=O) groups excluding carboxylic acids is 2. The van der Waals surface area contributed by atoms with Crippen molar-refractivity contribution in [3.63, 3.8) is 0 Å². The lowest BCUT2D eigenvalue weighted by Crippen LogP contribution is -2.44. The number of aryl methyl sites for hydroxylation is 1. The van der Waals surface area contributed by atoms with E-state index in [0.29, 0.717) is 11.4 Å². The van der Waals surface area contributed by atoms with Crippen LogP contribution in [0.5, 0.6) is 0 Å². The van der Waals surface area contributed by atoms with Crippen LogP contribution >= 0.6 is 11.3 Å². The second-order valence-electron chi connectivity index (χ2n) is 5.05. The Hall–Kier alpha value is -2.14. The zero-order valence-electron chi connectivity index (χ0n) is 12.5. The summed E-state index contributed by atoms with van der Waals surface area (Å²) >= 11 is 1.36. The Labute approximate surface area is 134 Å². The monoisotopic (exact) mass is 316 g/mol. The van der Waals surface area contributed by atoms with Gasteiger partial charge >= 0.3 is 0 Å². The van der Waals surface area contributed by atoms with Crippen LogP contribution in [0.3, 0.4) is 0 Å². The first-order chi connectivity index (χ1) is 10.7. The second-order valence-corrected chi connectivity index (χ2v) is 6.00. The number of thiophene rings is 1. The summed E-state index contributed by atoms with van der Waals surface area (Å²) in [5.74, 6) is -0.361. The first-order valence-corrected chi connectivity index (χ1v) is 8.21. The maximum atomic E-state index is 11.9. The van der Waals surface area contributed by atoms with E-state index >= 15 is 0 Å². The molecule has 22 heavy (non-hydrogen) atoms. The first kappa shape index (κ1) is 16.2. The van der Waals surface area contributed by atoms with E-state index in [4.69, 9.17) is 0 Å². The lowest BCUT2D eigenvalue weighted by atomic mass is 10.1. The highest BCUT2D eigenvalue weighted by Crippen LogP contribution is 2.08. The Balaban J connectivity index is 1.67. The number of carbonyl (C=O) groups is 2. The van der Waals surface area contributed by atoms with E-state index in [0.717, 1.165) is 12.8 Å². The average molecular weight is 316 g/mol. The van der Waals surface area contributed by atoms with Crippen molar-refractivity contribution in [1.82, 2.24) is 10.6 Å². The molecule has 1 atom stereocenters. The predicted molar refractivity (Wildman–Crippen MR) is 89.0 cm³/mol. The number of amides is 2. The second kappa shape index (κ2) is 8.34. The summed E-state index contributed by atoms with van der Waals surface area (Å²) in [6.07, 6.45) is 1.80. The van der Waals surface area contributed by atoms with Gasteiger partial charge in [0.25, 0.3) is 5.91 Å². The van der Waals surface area contributed by atoms with Gasteiger partial charge in [-0.3, -0.25) is 9.59 Å². The molecule has 2 N–H and O–H groups in total. The summed E-state index contributed by atoms with van der Waals surface area (Å²) in [7, 11) is 0. The van der Waals surface area contributed by atoms with Crippen molar-refractivity contribution < 1.29 is 9.59 Å².